The van der Waals surface area contributed by atoms with E-state index >= 15 is 0 Å². The third kappa shape index (κ3) is 12.6. The van der Waals surface area contributed by atoms with Crippen molar-refractivity contribution >= 4 is 58.6 Å². The second kappa shape index (κ2) is 23.8. The van der Waals surface area contributed by atoms with E-state index in [4.69, 9.17) is 0 Å². The summed E-state index contributed by atoms with van der Waals surface area (Å²) in [6.45, 7) is 3.49. The fourth-order valence-electron chi connectivity index (χ4n) is 10.2. The average molecular weight is 961 g/mol. The number of likely N-dealkylation sites (N-methyl/N-ethyl adjacent to an activating group) is 2. The lowest BCUT2D eigenvalue weighted by atomic mass is 9.96. The molecule has 18 nitrogen and oxygen atoms in total. The largest absolute Gasteiger partial charge is 0.347 e. The highest BCUT2D eigenvalue weighted by atomic mass is 16.2. The number of anilines is 2. The van der Waals surface area contributed by atoms with E-state index in [0.29, 0.717) is 11.4 Å². The molecular formula is C52H68N10O8. The monoisotopic (exact) mass is 961 g/mol. The molecule has 8 amide bonds. The molecule has 4 aliphatic rings. The van der Waals surface area contributed by atoms with Crippen LogP contribution in [0.3, 0.4) is 0 Å². The van der Waals surface area contributed by atoms with Crippen molar-refractivity contribution in [2.24, 2.45) is 11.8 Å². The molecule has 3 aromatic carbocycles. The second-order valence-electron chi connectivity index (χ2n) is 19.2. The first-order chi connectivity index (χ1) is 33.7. The normalized spacial score (nSPS) is 22.1. The van der Waals surface area contributed by atoms with Crippen LogP contribution >= 0.6 is 0 Å². The lowest BCUT2D eigenvalue weighted by Gasteiger charge is -2.32. The van der Waals surface area contributed by atoms with Crippen LogP contribution < -0.4 is 42.5 Å². The predicted molar refractivity (Wildman–Crippen MR) is 264 cm³/mol. The highest BCUT2D eigenvalue weighted by Gasteiger charge is 2.47. The molecule has 0 aromatic heterocycles. The van der Waals surface area contributed by atoms with Gasteiger partial charge >= 0.3 is 0 Å². The first-order valence-electron chi connectivity index (χ1n) is 24.7. The van der Waals surface area contributed by atoms with Crippen LogP contribution in [-0.4, -0.2) is 133 Å². The van der Waals surface area contributed by atoms with Crippen LogP contribution in [0.25, 0.3) is 0 Å². The summed E-state index contributed by atoms with van der Waals surface area (Å²) in [4.78, 5) is 114. The number of rotatable bonds is 18. The van der Waals surface area contributed by atoms with Crippen LogP contribution in [0.1, 0.15) is 98.8 Å². The van der Waals surface area contributed by atoms with Gasteiger partial charge in [0.25, 0.3) is 11.8 Å². The van der Waals surface area contributed by atoms with E-state index in [0.717, 1.165) is 51.4 Å². The summed E-state index contributed by atoms with van der Waals surface area (Å²) in [5.74, 6) is -3.35. The zero-order valence-electron chi connectivity index (χ0n) is 40.5. The van der Waals surface area contributed by atoms with Crippen molar-refractivity contribution in [2.45, 2.75) is 126 Å². The number of hydrogen-bond donors (Lipinski definition) is 8. The standard InChI is InChI=1S/C52H68N10O8/c1-31(53-3)45(63)59-43(33-15-11-12-16-33)51(69)61-29-39(27-41(61)49(67)55-37-19-7-5-8-20-37)57-47(65)35-23-25-36(26-24-35)48(66)58-40-28-42(50(68)56-38-21-9-6-10-22-38)62(30-40)52(70)44(34-17-13-14-18-34)60-46(64)32(2)54-4/h5-10,19-26,31-34,39-44,53-54H,11-18,27-30H2,1-4H3,(H,55,67)(H,56,68)(H,57,65)(H,58,66)(H,59,63)(H,60,64)/t31-,32-,39-,40-,41-,42-,43-,44-/m0/s1. The summed E-state index contributed by atoms with van der Waals surface area (Å²) < 4.78 is 0. The van der Waals surface area contributed by atoms with Gasteiger partial charge in [-0.25, -0.2) is 0 Å². The molecule has 374 valence electrons. The Morgan fingerprint density at radius 1 is 0.500 bits per heavy atom. The van der Waals surface area contributed by atoms with E-state index in [1.54, 1.807) is 76.5 Å². The van der Waals surface area contributed by atoms with Crippen molar-refractivity contribution in [3.8, 4) is 0 Å². The average Bonchev–Trinajstić information content (AvgIpc) is 4.23. The lowest BCUT2D eigenvalue weighted by molar-refractivity contribution is -0.141. The van der Waals surface area contributed by atoms with Gasteiger partial charge in [0, 0.05) is 47.7 Å². The molecular weight excluding hydrogens is 893 g/mol. The minimum absolute atomic E-state index is 0.0345. The summed E-state index contributed by atoms with van der Waals surface area (Å²) in [5, 5.41) is 23.6. The molecule has 2 saturated heterocycles. The van der Waals surface area contributed by atoms with Gasteiger partial charge in [0.1, 0.15) is 24.2 Å². The van der Waals surface area contributed by atoms with Gasteiger partial charge in [0.2, 0.25) is 35.4 Å². The minimum Gasteiger partial charge on any atom is -0.347 e. The summed E-state index contributed by atoms with van der Waals surface area (Å²) in [7, 11) is 3.33. The van der Waals surface area contributed by atoms with Gasteiger partial charge in [-0.15, -0.1) is 0 Å². The SMILES string of the molecule is CN[C@@H](C)C(=O)N[C@H](C(=O)N1C[C@@H](NC(=O)c2ccc(C(=O)N[C@H]3C[C@@H](C(=O)Nc4ccccc4)N(C(=O)[C@@H](NC(=O)[C@H](C)NC)C4CCCC4)C3)cc2)C[C@H]1C(=O)Nc1ccccc1)C1CCCC1. The van der Waals surface area contributed by atoms with Crippen LogP contribution in [0.15, 0.2) is 84.9 Å². The zero-order valence-corrected chi connectivity index (χ0v) is 40.5. The summed E-state index contributed by atoms with van der Waals surface area (Å²) in [6, 6.07) is 18.0. The van der Waals surface area contributed by atoms with Crippen LogP contribution in [0.5, 0.6) is 0 Å². The molecule has 4 fully saturated rings. The van der Waals surface area contributed by atoms with Gasteiger partial charge in [-0.2, -0.15) is 0 Å². The molecule has 3 aromatic rings. The van der Waals surface area contributed by atoms with E-state index in [1.807, 2.05) is 12.1 Å². The minimum atomic E-state index is -0.938. The van der Waals surface area contributed by atoms with Crippen molar-refractivity contribution in [1.29, 1.82) is 0 Å². The lowest BCUT2D eigenvalue weighted by Crippen LogP contribution is -2.57. The van der Waals surface area contributed by atoms with Crippen molar-refractivity contribution in [3.05, 3.63) is 96.1 Å². The van der Waals surface area contributed by atoms with E-state index in [1.165, 1.54) is 34.1 Å². The Labute approximate surface area is 409 Å². The maximum Gasteiger partial charge on any atom is 0.251 e. The molecule has 0 spiro atoms. The first-order valence-corrected chi connectivity index (χ1v) is 24.7. The Hall–Kier alpha value is -6.66. The van der Waals surface area contributed by atoms with Crippen LogP contribution in [0.4, 0.5) is 11.4 Å². The molecule has 18 heteroatoms. The predicted octanol–water partition coefficient (Wildman–Crippen LogP) is 2.93. The van der Waals surface area contributed by atoms with Crippen LogP contribution in [0, 0.1) is 11.8 Å². The number of benzene rings is 3. The number of carbonyl (C=O) groups is 8. The highest BCUT2D eigenvalue weighted by Crippen LogP contribution is 2.33. The Kier molecular flexibility index (Phi) is 17.4. The van der Waals surface area contributed by atoms with Crippen molar-refractivity contribution in [3.63, 3.8) is 0 Å². The number of likely N-dealkylation sites (tertiary alicyclic amines) is 2. The first kappa shape index (κ1) is 51.2. The third-order valence-corrected chi connectivity index (χ3v) is 14.5. The second-order valence-corrected chi connectivity index (χ2v) is 19.2. The molecule has 2 aliphatic carbocycles. The van der Waals surface area contributed by atoms with Crippen LogP contribution in [0.2, 0.25) is 0 Å². The summed E-state index contributed by atoms with van der Waals surface area (Å²) in [6.07, 6.45) is 7.01. The van der Waals surface area contributed by atoms with Crippen LogP contribution in [-0.2, 0) is 28.8 Å². The fourth-order valence-corrected chi connectivity index (χ4v) is 10.2. The molecule has 2 aliphatic heterocycles. The Bertz CT molecular complexity index is 2180. The van der Waals surface area contributed by atoms with Gasteiger partial charge < -0.3 is 52.3 Å². The fraction of sp³-hybridized carbons (Fsp3) is 0.500. The topological polar surface area (TPSA) is 239 Å². The van der Waals surface area contributed by atoms with E-state index in [2.05, 4.69) is 42.5 Å². The zero-order chi connectivity index (χ0) is 49.9. The summed E-state index contributed by atoms with van der Waals surface area (Å²) in [5.41, 5.74) is 1.60. The molecule has 70 heavy (non-hydrogen) atoms. The molecule has 2 saturated carbocycles. The number of nitrogens with zero attached hydrogens (tertiary/aromatic N) is 2. The number of carbonyl (C=O) groups excluding carboxylic acids is 8. The van der Waals surface area contributed by atoms with E-state index < -0.39 is 72.0 Å². The van der Waals surface area contributed by atoms with E-state index in [-0.39, 0.29) is 72.5 Å². The molecule has 0 unspecified atom stereocenters. The molecule has 0 radical (unpaired) electrons. The third-order valence-electron chi connectivity index (χ3n) is 14.5. The number of para-hydroxylation sites is 2. The Morgan fingerprint density at radius 3 is 1.17 bits per heavy atom. The van der Waals surface area contributed by atoms with Gasteiger partial charge in [-0.05, 0) is 127 Å². The maximum absolute atomic E-state index is 14.5. The molecule has 7 rings (SSSR count). The van der Waals surface area contributed by atoms with E-state index in [9.17, 15) is 38.4 Å². The molecule has 2 heterocycles. The number of hydrogen-bond acceptors (Lipinski definition) is 10. The maximum atomic E-state index is 14.5. The van der Waals surface area contributed by atoms with Crippen molar-refractivity contribution < 1.29 is 38.4 Å². The summed E-state index contributed by atoms with van der Waals surface area (Å²) >= 11 is 0. The smallest absolute Gasteiger partial charge is 0.251 e. The Morgan fingerprint density at radius 2 is 0.843 bits per heavy atom. The van der Waals surface area contributed by atoms with Gasteiger partial charge in [-0.3, -0.25) is 38.4 Å². The molecule has 0 bridgehead atoms. The van der Waals surface area contributed by atoms with Gasteiger partial charge in [0.15, 0.2) is 0 Å². The number of nitrogens with one attached hydrogen (secondary N) is 8. The highest BCUT2D eigenvalue weighted by molar-refractivity contribution is 6.02. The quantitative estimate of drug-likeness (QED) is 0.0928. The molecule has 8 atom stereocenters. The van der Waals surface area contributed by atoms with Crippen molar-refractivity contribution in [2.75, 3.05) is 37.8 Å². The van der Waals surface area contributed by atoms with Crippen molar-refractivity contribution in [1.82, 2.24) is 41.7 Å². The van der Waals surface area contributed by atoms with Gasteiger partial charge in [0.05, 0.1) is 12.1 Å². The molecule has 8 N–H and O–H groups in total. The van der Waals surface area contributed by atoms with Gasteiger partial charge in [-0.1, -0.05) is 62.1 Å². The Balaban J connectivity index is 1.03. The number of amides is 8.